The number of methoxy groups -OCH3 is 1. The number of carbonyl (C=O) groups is 1. The Balaban J connectivity index is 2.74. The average molecular weight is 284 g/mol. The van der Waals surface area contributed by atoms with Crippen molar-refractivity contribution in [3.63, 3.8) is 0 Å². The Morgan fingerprint density at radius 3 is 2.95 bits per heavy atom. The fraction of sp³-hybridized carbons (Fsp3) is 0.500. The van der Waals surface area contributed by atoms with E-state index in [0.717, 1.165) is 6.20 Å². The van der Waals surface area contributed by atoms with Gasteiger partial charge in [-0.2, -0.15) is 4.98 Å². The van der Waals surface area contributed by atoms with Gasteiger partial charge in [0.15, 0.2) is 0 Å². The third kappa shape index (κ3) is 4.31. The molecular weight excluding hydrogens is 268 g/mol. The number of rotatable bonds is 7. The molecule has 1 rings (SSSR count). The minimum atomic E-state index is -0.722. The molecule has 20 heavy (non-hydrogen) atoms. The second-order valence-corrected chi connectivity index (χ2v) is 3.87. The number of hydrogen-bond donors (Lipinski definition) is 3. The van der Waals surface area contributed by atoms with E-state index in [-0.39, 0.29) is 23.4 Å². The lowest BCUT2D eigenvalue weighted by Gasteiger charge is -2.14. The molecule has 10 heteroatoms. The number of nitro groups is 1. The third-order valence-corrected chi connectivity index (χ3v) is 2.34. The summed E-state index contributed by atoms with van der Waals surface area (Å²) in [5, 5.41) is 16.1. The van der Waals surface area contributed by atoms with E-state index in [9.17, 15) is 14.9 Å². The Kier molecular flexibility index (Phi) is 5.59. The number of nitrogens with two attached hydrogens (primary N) is 1. The number of anilines is 2. The van der Waals surface area contributed by atoms with Crippen LogP contribution in [0.15, 0.2) is 6.20 Å². The Morgan fingerprint density at radius 1 is 1.65 bits per heavy atom. The monoisotopic (exact) mass is 284 g/mol. The molecule has 1 heterocycles. The highest BCUT2D eigenvalue weighted by Crippen LogP contribution is 2.21. The van der Waals surface area contributed by atoms with Crippen LogP contribution in [0.3, 0.4) is 0 Å². The van der Waals surface area contributed by atoms with Gasteiger partial charge in [0.1, 0.15) is 12.2 Å². The summed E-state index contributed by atoms with van der Waals surface area (Å²) in [6, 6.07) is -0.722. The maximum Gasteiger partial charge on any atom is 0.329 e. The molecule has 0 bridgehead atoms. The first-order valence-corrected chi connectivity index (χ1v) is 5.75. The van der Waals surface area contributed by atoms with Gasteiger partial charge in [-0.25, -0.2) is 4.98 Å². The van der Waals surface area contributed by atoms with Gasteiger partial charge in [0.05, 0.1) is 11.5 Å². The molecule has 1 aromatic heterocycles. The van der Waals surface area contributed by atoms with Gasteiger partial charge >= 0.3 is 5.69 Å². The standard InChI is InChI=1S/C10H16N6O4/c1-6(9(17)12-3-4-20-2)14-8-7(16(18)19)5-13-10(11)15-8/h5-6H,3-4H2,1-2H3,(H,12,17)(H3,11,13,14,15). The van der Waals surface area contributed by atoms with Crippen LogP contribution in [0, 0.1) is 10.1 Å². The van der Waals surface area contributed by atoms with Crippen molar-refractivity contribution < 1.29 is 14.5 Å². The van der Waals surface area contributed by atoms with Crippen LogP contribution < -0.4 is 16.4 Å². The fourth-order valence-electron chi connectivity index (χ4n) is 1.33. The molecule has 0 spiro atoms. The van der Waals surface area contributed by atoms with Crippen LogP contribution >= 0.6 is 0 Å². The normalized spacial score (nSPS) is 11.7. The molecule has 10 nitrogen and oxygen atoms in total. The number of ether oxygens (including phenoxy) is 1. The maximum atomic E-state index is 11.7. The Labute approximate surface area is 114 Å². The van der Waals surface area contributed by atoms with Gasteiger partial charge in [0.2, 0.25) is 17.7 Å². The summed E-state index contributed by atoms with van der Waals surface area (Å²) in [5.41, 5.74) is 5.02. The fourth-order valence-corrected chi connectivity index (χ4v) is 1.33. The van der Waals surface area contributed by atoms with Crippen LogP contribution in [0.25, 0.3) is 0 Å². The van der Waals surface area contributed by atoms with Crippen LogP contribution in [0.2, 0.25) is 0 Å². The molecule has 1 atom stereocenters. The minimum absolute atomic E-state index is 0.100. The molecule has 110 valence electrons. The molecule has 0 fully saturated rings. The molecule has 0 aromatic carbocycles. The summed E-state index contributed by atoms with van der Waals surface area (Å²) in [5.74, 6) is -0.560. The van der Waals surface area contributed by atoms with Crippen LogP contribution in [-0.2, 0) is 9.53 Å². The number of nitrogen functional groups attached to an aromatic ring is 1. The molecule has 0 aliphatic rings. The van der Waals surface area contributed by atoms with E-state index >= 15 is 0 Å². The van der Waals surface area contributed by atoms with Gasteiger partial charge < -0.3 is 21.1 Å². The highest BCUT2D eigenvalue weighted by molar-refractivity contribution is 5.84. The number of nitrogens with one attached hydrogen (secondary N) is 2. The topological polar surface area (TPSA) is 145 Å². The van der Waals surface area contributed by atoms with Crippen LogP contribution in [0.1, 0.15) is 6.92 Å². The summed E-state index contributed by atoms with van der Waals surface area (Å²) >= 11 is 0. The first-order chi connectivity index (χ1) is 9.45. The van der Waals surface area contributed by atoms with Crippen molar-refractivity contribution in [2.24, 2.45) is 0 Å². The molecule has 0 radical (unpaired) electrons. The molecule has 1 unspecified atom stereocenters. The van der Waals surface area contributed by atoms with Gasteiger partial charge in [-0.15, -0.1) is 0 Å². The molecular formula is C10H16N6O4. The number of nitrogens with zero attached hydrogens (tertiary/aromatic N) is 3. The second kappa shape index (κ2) is 7.19. The molecule has 4 N–H and O–H groups in total. The quantitative estimate of drug-likeness (QED) is 0.346. The first-order valence-electron chi connectivity index (χ1n) is 5.75. The van der Waals surface area contributed by atoms with E-state index in [2.05, 4.69) is 20.6 Å². The summed E-state index contributed by atoms with van der Waals surface area (Å²) < 4.78 is 4.79. The molecule has 0 aliphatic carbocycles. The van der Waals surface area contributed by atoms with E-state index in [1.54, 1.807) is 6.92 Å². The predicted molar refractivity (Wildman–Crippen MR) is 71.1 cm³/mol. The Bertz CT molecular complexity index is 495. The number of hydrogen-bond acceptors (Lipinski definition) is 8. The molecule has 0 saturated carbocycles. The van der Waals surface area contributed by atoms with Gasteiger partial charge in [0.25, 0.3) is 0 Å². The van der Waals surface area contributed by atoms with Crippen molar-refractivity contribution >= 4 is 23.4 Å². The first kappa shape index (κ1) is 15.6. The van der Waals surface area contributed by atoms with Gasteiger partial charge in [-0.05, 0) is 6.92 Å². The van der Waals surface area contributed by atoms with Gasteiger partial charge in [-0.1, -0.05) is 0 Å². The molecule has 0 aliphatic heterocycles. The van der Waals surface area contributed by atoms with E-state index < -0.39 is 11.0 Å². The second-order valence-electron chi connectivity index (χ2n) is 3.87. The lowest BCUT2D eigenvalue weighted by molar-refractivity contribution is -0.384. The zero-order valence-corrected chi connectivity index (χ0v) is 11.1. The lowest BCUT2D eigenvalue weighted by atomic mass is 10.3. The summed E-state index contributed by atoms with van der Waals surface area (Å²) in [7, 11) is 1.51. The summed E-state index contributed by atoms with van der Waals surface area (Å²) in [6.45, 7) is 2.26. The smallest absolute Gasteiger partial charge is 0.329 e. The van der Waals surface area contributed by atoms with Crippen LogP contribution in [0.5, 0.6) is 0 Å². The average Bonchev–Trinajstić information content (AvgIpc) is 2.38. The number of aromatic nitrogens is 2. The SMILES string of the molecule is COCCNC(=O)C(C)Nc1nc(N)ncc1[N+](=O)[O-]. The van der Waals surface area contributed by atoms with Crippen molar-refractivity contribution in [3.8, 4) is 0 Å². The zero-order chi connectivity index (χ0) is 15.1. The summed E-state index contributed by atoms with van der Waals surface area (Å²) in [6.07, 6.45) is 0.986. The minimum Gasteiger partial charge on any atom is -0.383 e. The molecule has 1 aromatic rings. The van der Waals surface area contributed by atoms with E-state index in [4.69, 9.17) is 10.5 Å². The maximum absolute atomic E-state index is 11.7. The van der Waals surface area contributed by atoms with Gasteiger partial charge in [-0.3, -0.25) is 14.9 Å². The van der Waals surface area contributed by atoms with Crippen LogP contribution in [0.4, 0.5) is 17.5 Å². The van der Waals surface area contributed by atoms with Crippen molar-refractivity contribution in [1.29, 1.82) is 0 Å². The van der Waals surface area contributed by atoms with E-state index in [0.29, 0.717) is 13.2 Å². The number of carbonyl (C=O) groups excluding carboxylic acids is 1. The largest absolute Gasteiger partial charge is 0.383 e. The lowest BCUT2D eigenvalue weighted by Crippen LogP contribution is -2.39. The highest BCUT2D eigenvalue weighted by Gasteiger charge is 2.21. The van der Waals surface area contributed by atoms with Crippen molar-refractivity contribution in [2.75, 3.05) is 31.3 Å². The van der Waals surface area contributed by atoms with E-state index in [1.807, 2.05) is 0 Å². The van der Waals surface area contributed by atoms with Crippen molar-refractivity contribution in [2.45, 2.75) is 13.0 Å². The third-order valence-electron chi connectivity index (χ3n) is 2.34. The van der Waals surface area contributed by atoms with Gasteiger partial charge in [0, 0.05) is 13.7 Å². The molecule has 1 amide bonds. The Morgan fingerprint density at radius 2 is 2.35 bits per heavy atom. The van der Waals surface area contributed by atoms with Crippen molar-refractivity contribution in [3.05, 3.63) is 16.3 Å². The number of amides is 1. The molecule has 0 saturated heterocycles. The predicted octanol–water partition coefficient (Wildman–Crippen LogP) is -0.470. The highest BCUT2D eigenvalue weighted by atomic mass is 16.6. The Hall–Kier alpha value is -2.49. The summed E-state index contributed by atoms with van der Waals surface area (Å²) in [4.78, 5) is 29.1. The van der Waals surface area contributed by atoms with Crippen molar-refractivity contribution in [1.82, 2.24) is 15.3 Å². The zero-order valence-electron chi connectivity index (χ0n) is 11.1. The van der Waals surface area contributed by atoms with E-state index in [1.165, 1.54) is 7.11 Å². The van der Waals surface area contributed by atoms with Crippen LogP contribution in [-0.4, -0.2) is 47.1 Å².